The standard InChI is InChI=1S/C17H22N2O4/c1-5-14(17(21)22-4)15-11(2)6-8-19(16(15)20)9-7-13-10-23-12(3)18-13/h6,8,10,14H,5,7,9H2,1-4H3. The molecular formula is C17H22N2O4. The molecule has 0 aliphatic carbocycles. The van der Waals surface area contributed by atoms with E-state index in [4.69, 9.17) is 9.15 Å². The topological polar surface area (TPSA) is 74.3 Å². The summed E-state index contributed by atoms with van der Waals surface area (Å²) in [5.74, 6) is -0.305. The summed E-state index contributed by atoms with van der Waals surface area (Å²) in [4.78, 5) is 28.9. The lowest BCUT2D eigenvalue weighted by atomic mass is 9.94. The van der Waals surface area contributed by atoms with Crippen molar-refractivity contribution in [3.8, 4) is 0 Å². The number of aryl methyl sites for hydroxylation is 4. The van der Waals surface area contributed by atoms with Crippen LogP contribution in [0.5, 0.6) is 0 Å². The van der Waals surface area contributed by atoms with Gasteiger partial charge in [-0.2, -0.15) is 0 Å². The Morgan fingerprint density at radius 2 is 2.17 bits per heavy atom. The van der Waals surface area contributed by atoms with E-state index in [1.54, 1.807) is 24.0 Å². The second-order valence-electron chi connectivity index (χ2n) is 5.50. The van der Waals surface area contributed by atoms with Gasteiger partial charge in [-0.1, -0.05) is 6.92 Å². The van der Waals surface area contributed by atoms with Crippen LogP contribution in [0.15, 0.2) is 27.7 Å². The molecule has 0 saturated heterocycles. The highest BCUT2D eigenvalue weighted by atomic mass is 16.5. The predicted molar refractivity (Wildman–Crippen MR) is 85.4 cm³/mol. The first-order valence-electron chi connectivity index (χ1n) is 7.66. The molecule has 0 fully saturated rings. The van der Waals surface area contributed by atoms with E-state index >= 15 is 0 Å². The first-order valence-corrected chi connectivity index (χ1v) is 7.66. The average Bonchev–Trinajstić information content (AvgIpc) is 2.95. The second kappa shape index (κ2) is 7.26. The average molecular weight is 318 g/mol. The molecule has 124 valence electrons. The Morgan fingerprint density at radius 3 is 2.74 bits per heavy atom. The van der Waals surface area contributed by atoms with Crippen molar-refractivity contribution in [2.75, 3.05) is 7.11 Å². The quantitative estimate of drug-likeness (QED) is 0.764. The number of carbonyl (C=O) groups is 1. The van der Waals surface area contributed by atoms with E-state index in [1.807, 2.05) is 19.9 Å². The predicted octanol–water partition coefficient (Wildman–Crippen LogP) is 2.36. The third-order valence-electron chi connectivity index (χ3n) is 3.94. The number of pyridine rings is 1. The first-order chi connectivity index (χ1) is 11.0. The van der Waals surface area contributed by atoms with E-state index in [0.717, 1.165) is 11.3 Å². The number of hydrogen-bond acceptors (Lipinski definition) is 5. The molecule has 0 aliphatic rings. The highest BCUT2D eigenvalue weighted by Gasteiger charge is 2.25. The Balaban J connectivity index is 2.30. The summed E-state index contributed by atoms with van der Waals surface area (Å²) in [6.45, 7) is 5.97. The van der Waals surface area contributed by atoms with Crippen molar-refractivity contribution in [3.63, 3.8) is 0 Å². The maximum atomic E-state index is 12.7. The van der Waals surface area contributed by atoms with Crippen LogP contribution < -0.4 is 5.56 Å². The zero-order chi connectivity index (χ0) is 17.0. The Bertz CT molecular complexity index is 745. The lowest BCUT2D eigenvalue weighted by Gasteiger charge is -2.16. The zero-order valence-corrected chi connectivity index (χ0v) is 14.0. The maximum Gasteiger partial charge on any atom is 0.313 e. The molecule has 0 amide bonds. The molecule has 2 aromatic rings. The van der Waals surface area contributed by atoms with Crippen molar-refractivity contribution in [2.45, 2.75) is 46.1 Å². The molecule has 6 heteroatoms. The minimum Gasteiger partial charge on any atom is -0.469 e. The van der Waals surface area contributed by atoms with E-state index in [2.05, 4.69) is 4.98 Å². The summed E-state index contributed by atoms with van der Waals surface area (Å²) in [7, 11) is 1.34. The van der Waals surface area contributed by atoms with Crippen LogP contribution in [-0.4, -0.2) is 22.6 Å². The van der Waals surface area contributed by atoms with Crippen molar-refractivity contribution in [3.05, 3.63) is 51.6 Å². The Labute approximate surface area is 135 Å². The molecular weight excluding hydrogens is 296 g/mol. The molecule has 2 aromatic heterocycles. The van der Waals surface area contributed by atoms with Crippen LogP contribution in [0.2, 0.25) is 0 Å². The monoisotopic (exact) mass is 318 g/mol. The largest absolute Gasteiger partial charge is 0.469 e. The summed E-state index contributed by atoms with van der Waals surface area (Å²) >= 11 is 0. The minimum absolute atomic E-state index is 0.150. The molecule has 1 atom stereocenters. The third-order valence-corrected chi connectivity index (χ3v) is 3.94. The number of hydrogen-bond donors (Lipinski definition) is 0. The molecule has 6 nitrogen and oxygen atoms in total. The van der Waals surface area contributed by atoms with Crippen molar-refractivity contribution < 1.29 is 13.9 Å². The normalized spacial score (nSPS) is 12.2. The number of methoxy groups -OCH3 is 1. The Kier molecular flexibility index (Phi) is 5.36. The number of nitrogens with zero attached hydrogens (tertiary/aromatic N) is 2. The third kappa shape index (κ3) is 3.70. The van der Waals surface area contributed by atoms with Crippen LogP contribution in [0, 0.1) is 13.8 Å². The lowest BCUT2D eigenvalue weighted by Crippen LogP contribution is -2.30. The Morgan fingerprint density at radius 1 is 1.43 bits per heavy atom. The van der Waals surface area contributed by atoms with E-state index < -0.39 is 5.92 Å². The molecule has 0 saturated carbocycles. The van der Waals surface area contributed by atoms with Crippen LogP contribution >= 0.6 is 0 Å². The van der Waals surface area contributed by atoms with Gasteiger partial charge >= 0.3 is 5.97 Å². The molecule has 1 unspecified atom stereocenters. The van der Waals surface area contributed by atoms with Gasteiger partial charge < -0.3 is 13.7 Å². The van der Waals surface area contributed by atoms with Crippen LogP contribution in [0.4, 0.5) is 0 Å². The van der Waals surface area contributed by atoms with Crippen LogP contribution in [0.25, 0.3) is 0 Å². The maximum absolute atomic E-state index is 12.7. The van der Waals surface area contributed by atoms with Gasteiger partial charge in [0.25, 0.3) is 5.56 Å². The summed E-state index contributed by atoms with van der Waals surface area (Å²) in [6, 6.07) is 1.86. The number of carbonyl (C=O) groups excluding carboxylic acids is 1. The van der Waals surface area contributed by atoms with Gasteiger partial charge in [0.1, 0.15) is 6.26 Å². The number of ether oxygens (including phenoxy) is 1. The first kappa shape index (κ1) is 17.0. The minimum atomic E-state index is -0.533. The van der Waals surface area contributed by atoms with Gasteiger partial charge in [-0.15, -0.1) is 0 Å². The molecule has 0 bridgehead atoms. The molecule has 0 aliphatic heterocycles. The zero-order valence-electron chi connectivity index (χ0n) is 14.0. The van der Waals surface area contributed by atoms with E-state index in [9.17, 15) is 9.59 Å². The summed E-state index contributed by atoms with van der Waals surface area (Å²) in [6.07, 6.45) is 4.46. The van der Waals surface area contributed by atoms with Crippen molar-refractivity contribution in [1.29, 1.82) is 0 Å². The van der Waals surface area contributed by atoms with E-state index in [-0.39, 0.29) is 11.5 Å². The number of rotatable bonds is 6. The van der Waals surface area contributed by atoms with Crippen LogP contribution in [0.3, 0.4) is 0 Å². The SMILES string of the molecule is CCC(C(=O)OC)c1c(C)ccn(CCc2coc(C)n2)c1=O. The molecule has 23 heavy (non-hydrogen) atoms. The summed E-state index contributed by atoms with van der Waals surface area (Å²) in [5, 5.41) is 0. The van der Waals surface area contributed by atoms with Crippen LogP contribution in [0.1, 0.15) is 42.0 Å². The van der Waals surface area contributed by atoms with Crippen molar-refractivity contribution >= 4 is 5.97 Å². The summed E-state index contributed by atoms with van der Waals surface area (Å²) < 4.78 is 11.6. The number of aromatic nitrogens is 2. The number of oxazole rings is 1. The molecule has 2 heterocycles. The second-order valence-corrected chi connectivity index (χ2v) is 5.50. The molecule has 0 radical (unpaired) electrons. The van der Waals surface area contributed by atoms with Gasteiger partial charge in [0.05, 0.1) is 18.7 Å². The molecule has 0 N–H and O–H groups in total. The molecule has 2 rings (SSSR count). The fourth-order valence-corrected chi connectivity index (χ4v) is 2.67. The van der Waals surface area contributed by atoms with Gasteiger partial charge in [-0.3, -0.25) is 9.59 Å². The fourth-order valence-electron chi connectivity index (χ4n) is 2.67. The molecule has 0 aromatic carbocycles. The smallest absolute Gasteiger partial charge is 0.313 e. The Hall–Kier alpha value is -2.37. The van der Waals surface area contributed by atoms with Gasteiger partial charge in [-0.25, -0.2) is 4.98 Å². The van der Waals surface area contributed by atoms with Gasteiger partial charge in [0.15, 0.2) is 5.89 Å². The molecule has 0 spiro atoms. The van der Waals surface area contributed by atoms with Crippen molar-refractivity contribution in [1.82, 2.24) is 9.55 Å². The highest BCUT2D eigenvalue weighted by Crippen LogP contribution is 2.21. The van der Waals surface area contributed by atoms with Crippen LogP contribution in [-0.2, 0) is 22.5 Å². The van der Waals surface area contributed by atoms with E-state index in [0.29, 0.717) is 30.8 Å². The summed E-state index contributed by atoms with van der Waals surface area (Å²) in [5.41, 5.74) is 1.97. The van der Waals surface area contributed by atoms with Gasteiger partial charge in [0.2, 0.25) is 0 Å². The lowest BCUT2D eigenvalue weighted by molar-refractivity contribution is -0.142. The fraction of sp³-hybridized carbons (Fsp3) is 0.471. The van der Waals surface area contributed by atoms with Crippen molar-refractivity contribution in [2.24, 2.45) is 0 Å². The van der Waals surface area contributed by atoms with E-state index in [1.165, 1.54) is 7.11 Å². The number of esters is 1. The van der Waals surface area contributed by atoms with Gasteiger partial charge in [0, 0.05) is 31.6 Å². The van der Waals surface area contributed by atoms with Gasteiger partial charge in [-0.05, 0) is 25.0 Å². The highest BCUT2D eigenvalue weighted by molar-refractivity contribution is 5.78.